The van der Waals surface area contributed by atoms with Crippen molar-refractivity contribution in [1.29, 1.82) is 0 Å². The molecule has 0 aromatic carbocycles. The first-order valence-electron chi connectivity index (χ1n) is 6.55. The maximum absolute atomic E-state index is 12.9. The molecule has 2 heterocycles. The first-order chi connectivity index (χ1) is 9.91. The number of alkyl halides is 3. The zero-order chi connectivity index (χ0) is 15.2. The van der Waals surface area contributed by atoms with E-state index in [1.165, 1.54) is 0 Å². The summed E-state index contributed by atoms with van der Waals surface area (Å²) in [5, 5.41) is -0.791. The molecule has 1 aliphatic heterocycles. The predicted octanol–water partition coefficient (Wildman–Crippen LogP) is 2.32. The molecule has 0 spiro atoms. The van der Waals surface area contributed by atoms with Gasteiger partial charge in [0.2, 0.25) is 5.01 Å². The number of fused-ring (bicyclic) bond motifs is 1. The fourth-order valence-corrected chi connectivity index (χ4v) is 3.35. The highest BCUT2D eigenvalue weighted by Gasteiger charge is 2.48. The van der Waals surface area contributed by atoms with Crippen molar-refractivity contribution in [3.05, 3.63) is 10.7 Å². The van der Waals surface area contributed by atoms with Gasteiger partial charge in [0.25, 0.3) is 0 Å². The molecule has 0 bridgehead atoms. The minimum Gasteiger partial charge on any atom is -0.461 e. The van der Waals surface area contributed by atoms with E-state index in [0.29, 0.717) is 24.5 Å². The van der Waals surface area contributed by atoms with Crippen molar-refractivity contribution in [2.24, 2.45) is 0 Å². The van der Waals surface area contributed by atoms with Crippen molar-refractivity contribution in [2.45, 2.75) is 31.7 Å². The number of hydrogen-bond acceptors (Lipinski definition) is 6. The number of hydrogen-bond donors (Lipinski definition) is 0. The molecule has 2 atom stereocenters. The summed E-state index contributed by atoms with van der Waals surface area (Å²) in [6, 6.07) is 0.0356. The highest BCUT2D eigenvalue weighted by Crippen LogP contribution is 2.44. The number of aromatic nitrogens is 1. The molecular weight excluding hydrogens is 309 g/mol. The monoisotopic (exact) mass is 322 g/mol. The van der Waals surface area contributed by atoms with Crippen molar-refractivity contribution in [3.8, 4) is 0 Å². The van der Waals surface area contributed by atoms with E-state index in [-0.39, 0.29) is 29.4 Å². The van der Waals surface area contributed by atoms with Crippen LogP contribution in [-0.4, -0.2) is 42.9 Å². The summed E-state index contributed by atoms with van der Waals surface area (Å²) >= 11 is 0.491. The Bertz CT molecular complexity index is 560. The van der Waals surface area contributed by atoms with Crippen LogP contribution in [0.25, 0.3) is 0 Å². The molecule has 3 rings (SSSR count). The number of esters is 1. The maximum atomic E-state index is 12.9. The van der Waals surface area contributed by atoms with E-state index in [0.717, 1.165) is 6.42 Å². The third-order valence-corrected chi connectivity index (χ3v) is 4.48. The molecule has 2 aliphatic rings. The van der Waals surface area contributed by atoms with Crippen molar-refractivity contribution in [2.75, 3.05) is 24.7 Å². The Balaban J connectivity index is 1.96. The van der Waals surface area contributed by atoms with Gasteiger partial charge in [0.05, 0.1) is 25.4 Å². The van der Waals surface area contributed by atoms with Crippen LogP contribution in [0.15, 0.2) is 0 Å². The highest BCUT2D eigenvalue weighted by atomic mass is 32.1. The standard InChI is InChI=1S/C12H13F3N2O3S/c1-2-19-10(18)8-9(21-11(16-8)12(13,14)15)17-3-4-20-7-5-6(7)17/h6-7H,2-5H2,1H3/t6?,7-/m0/s1. The van der Waals surface area contributed by atoms with E-state index in [1.54, 1.807) is 11.8 Å². The molecule has 0 radical (unpaired) electrons. The van der Waals surface area contributed by atoms with Gasteiger partial charge in [0.15, 0.2) is 5.69 Å². The number of anilines is 1. The first kappa shape index (κ1) is 14.6. The molecule has 116 valence electrons. The lowest BCUT2D eigenvalue weighted by Gasteiger charge is -2.27. The van der Waals surface area contributed by atoms with Gasteiger partial charge in [0, 0.05) is 6.54 Å². The van der Waals surface area contributed by atoms with Gasteiger partial charge >= 0.3 is 12.1 Å². The maximum Gasteiger partial charge on any atom is 0.443 e. The topological polar surface area (TPSA) is 51.7 Å². The molecule has 0 N–H and O–H groups in total. The first-order valence-corrected chi connectivity index (χ1v) is 7.37. The summed E-state index contributed by atoms with van der Waals surface area (Å²) in [4.78, 5) is 17.1. The second kappa shape index (κ2) is 5.13. The minimum absolute atomic E-state index is 0.0356. The summed E-state index contributed by atoms with van der Waals surface area (Å²) in [5.74, 6) is -0.817. The Morgan fingerprint density at radius 2 is 2.33 bits per heavy atom. The molecule has 1 aromatic rings. The van der Waals surface area contributed by atoms with Gasteiger partial charge in [0.1, 0.15) is 5.00 Å². The van der Waals surface area contributed by atoms with E-state index >= 15 is 0 Å². The van der Waals surface area contributed by atoms with Gasteiger partial charge in [-0.05, 0) is 13.3 Å². The molecule has 1 aromatic heterocycles. The van der Waals surface area contributed by atoms with E-state index in [2.05, 4.69) is 4.98 Å². The Kier molecular flexibility index (Phi) is 3.56. The van der Waals surface area contributed by atoms with E-state index < -0.39 is 17.2 Å². The largest absolute Gasteiger partial charge is 0.461 e. The van der Waals surface area contributed by atoms with Gasteiger partial charge in [-0.25, -0.2) is 9.78 Å². The number of carbonyl (C=O) groups excluding carboxylic acids is 1. The second-order valence-corrected chi connectivity index (χ2v) is 5.77. The van der Waals surface area contributed by atoms with E-state index in [4.69, 9.17) is 9.47 Å². The molecule has 1 saturated heterocycles. The zero-order valence-corrected chi connectivity index (χ0v) is 12.0. The van der Waals surface area contributed by atoms with Crippen LogP contribution < -0.4 is 4.90 Å². The van der Waals surface area contributed by atoms with Gasteiger partial charge in [-0.1, -0.05) is 11.3 Å². The van der Waals surface area contributed by atoms with Crippen molar-refractivity contribution in [1.82, 2.24) is 4.98 Å². The number of halogens is 3. The second-order valence-electron chi connectivity index (χ2n) is 4.80. The lowest BCUT2D eigenvalue weighted by atomic mass is 10.3. The fourth-order valence-electron chi connectivity index (χ4n) is 2.35. The number of rotatable bonds is 3. The smallest absolute Gasteiger partial charge is 0.443 e. The van der Waals surface area contributed by atoms with Crippen molar-refractivity contribution in [3.63, 3.8) is 0 Å². The molecule has 0 amide bonds. The van der Waals surface area contributed by atoms with Gasteiger partial charge < -0.3 is 14.4 Å². The Labute approximate surface area is 122 Å². The molecule has 1 unspecified atom stereocenters. The summed E-state index contributed by atoms with van der Waals surface area (Å²) in [7, 11) is 0. The summed E-state index contributed by atoms with van der Waals surface area (Å²) in [6.07, 6.45) is -3.76. The van der Waals surface area contributed by atoms with Crippen LogP contribution in [0.3, 0.4) is 0 Å². The Morgan fingerprint density at radius 3 is 3.00 bits per heavy atom. The number of ether oxygens (including phenoxy) is 2. The minimum atomic E-state index is -4.57. The number of thiazole rings is 1. The predicted molar refractivity (Wildman–Crippen MR) is 68.6 cm³/mol. The molecular formula is C12H13F3N2O3S. The van der Waals surface area contributed by atoms with Crippen LogP contribution in [-0.2, 0) is 15.7 Å². The molecule has 5 nitrogen and oxygen atoms in total. The van der Waals surface area contributed by atoms with Crippen LogP contribution >= 0.6 is 11.3 Å². The Hall–Kier alpha value is -1.35. The lowest BCUT2D eigenvalue weighted by molar-refractivity contribution is -0.137. The third-order valence-electron chi connectivity index (χ3n) is 3.35. The van der Waals surface area contributed by atoms with Crippen LogP contribution in [0.1, 0.15) is 28.8 Å². The van der Waals surface area contributed by atoms with Gasteiger partial charge in [-0.2, -0.15) is 13.2 Å². The molecule has 2 fully saturated rings. The average molecular weight is 322 g/mol. The number of nitrogens with zero attached hydrogens (tertiary/aromatic N) is 2. The van der Waals surface area contributed by atoms with Crippen LogP contribution in [0, 0.1) is 0 Å². The molecule has 1 saturated carbocycles. The van der Waals surface area contributed by atoms with Crippen LogP contribution in [0.2, 0.25) is 0 Å². The highest BCUT2D eigenvalue weighted by molar-refractivity contribution is 7.16. The van der Waals surface area contributed by atoms with Crippen LogP contribution in [0.4, 0.5) is 18.2 Å². The normalized spacial score (nSPS) is 24.7. The van der Waals surface area contributed by atoms with Gasteiger partial charge in [-0.15, -0.1) is 0 Å². The third kappa shape index (κ3) is 2.71. The summed E-state index contributed by atoms with van der Waals surface area (Å²) in [5.41, 5.74) is -0.248. The average Bonchev–Trinajstić information content (AvgIpc) is 3.06. The SMILES string of the molecule is CCOC(=O)c1nc(C(F)(F)F)sc1N1CCO[C@H]2CC21. The van der Waals surface area contributed by atoms with Crippen LogP contribution in [0.5, 0.6) is 0 Å². The molecule has 21 heavy (non-hydrogen) atoms. The summed E-state index contributed by atoms with van der Waals surface area (Å²) in [6.45, 7) is 2.57. The zero-order valence-electron chi connectivity index (χ0n) is 11.1. The summed E-state index contributed by atoms with van der Waals surface area (Å²) < 4.78 is 48.8. The van der Waals surface area contributed by atoms with E-state index in [1.807, 2.05) is 0 Å². The molecule has 1 aliphatic carbocycles. The quantitative estimate of drug-likeness (QED) is 0.800. The fraction of sp³-hybridized carbons (Fsp3) is 0.667. The number of carbonyl (C=O) groups is 1. The van der Waals surface area contributed by atoms with Crippen molar-refractivity contribution >= 4 is 22.3 Å². The van der Waals surface area contributed by atoms with E-state index in [9.17, 15) is 18.0 Å². The van der Waals surface area contributed by atoms with Crippen molar-refractivity contribution < 1.29 is 27.4 Å². The Morgan fingerprint density at radius 1 is 1.57 bits per heavy atom. The lowest BCUT2D eigenvalue weighted by Crippen LogP contribution is -2.37. The number of morpholine rings is 1. The molecule has 9 heteroatoms. The van der Waals surface area contributed by atoms with Gasteiger partial charge in [-0.3, -0.25) is 0 Å².